The number of benzene rings is 4. The molecule has 5 aromatic rings. The summed E-state index contributed by atoms with van der Waals surface area (Å²) in [5.74, 6) is 1.78. The molecule has 0 spiro atoms. The quantitative estimate of drug-likeness (QED) is 0.282. The lowest BCUT2D eigenvalue weighted by molar-refractivity contribution is 0.306. The fourth-order valence-corrected chi connectivity index (χ4v) is 4.60. The molecule has 0 bridgehead atoms. The van der Waals surface area contributed by atoms with Crippen LogP contribution in [0.2, 0.25) is 0 Å². The van der Waals surface area contributed by atoms with Crippen LogP contribution in [0.5, 0.6) is 11.5 Å². The molecule has 0 amide bonds. The van der Waals surface area contributed by atoms with E-state index in [1.165, 1.54) is 27.8 Å². The van der Waals surface area contributed by atoms with Crippen LogP contribution in [0.3, 0.4) is 0 Å². The van der Waals surface area contributed by atoms with Gasteiger partial charge in [0.25, 0.3) is 0 Å². The van der Waals surface area contributed by atoms with Crippen LogP contribution in [-0.4, -0.2) is 4.98 Å². The maximum Gasteiger partial charge on any atom is 0.120 e. The molecule has 1 aromatic heterocycles. The first-order valence-corrected chi connectivity index (χ1v) is 11.7. The van der Waals surface area contributed by atoms with Gasteiger partial charge in [-0.25, -0.2) is 0 Å². The highest BCUT2D eigenvalue weighted by Gasteiger charge is 2.25. The molecular formula is C30H26N2O2. The number of ether oxygens (including phenoxy) is 2. The predicted octanol–water partition coefficient (Wildman–Crippen LogP) is 7.04. The molecule has 0 aliphatic carbocycles. The number of nitrogens with one attached hydrogen (secondary N) is 2. The third kappa shape index (κ3) is 4.23. The summed E-state index contributed by atoms with van der Waals surface area (Å²) in [5, 5.41) is 4.88. The molecule has 2 N–H and O–H groups in total. The van der Waals surface area contributed by atoms with E-state index >= 15 is 0 Å². The van der Waals surface area contributed by atoms with E-state index in [9.17, 15) is 0 Å². The van der Waals surface area contributed by atoms with Crippen molar-refractivity contribution in [1.29, 1.82) is 0 Å². The Morgan fingerprint density at radius 1 is 0.706 bits per heavy atom. The van der Waals surface area contributed by atoms with Gasteiger partial charge in [-0.2, -0.15) is 0 Å². The van der Waals surface area contributed by atoms with Crippen molar-refractivity contribution < 1.29 is 9.47 Å². The van der Waals surface area contributed by atoms with Gasteiger partial charge in [-0.1, -0.05) is 60.7 Å². The van der Waals surface area contributed by atoms with Crippen LogP contribution in [0.25, 0.3) is 10.9 Å². The van der Waals surface area contributed by atoms with Gasteiger partial charge in [0, 0.05) is 28.4 Å². The molecule has 4 nitrogen and oxygen atoms in total. The second-order valence-corrected chi connectivity index (χ2v) is 8.72. The van der Waals surface area contributed by atoms with Crippen molar-refractivity contribution in [2.45, 2.75) is 25.7 Å². The normalized spacial score (nSPS) is 14.5. The van der Waals surface area contributed by atoms with Crippen molar-refractivity contribution in [3.05, 3.63) is 126 Å². The van der Waals surface area contributed by atoms with Crippen LogP contribution in [0, 0.1) is 0 Å². The van der Waals surface area contributed by atoms with E-state index in [0.29, 0.717) is 13.2 Å². The number of hydrogen-bond donors (Lipinski definition) is 2. The summed E-state index contributed by atoms with van der Waals surface area (Å²) >= 11 is 0. The first kappa shape index (κ1) is 20.4. The molecule has 1 aliphatic heterocycles. The fourth-order valence-electron chi connectivity index (χ4n) is 4.60. The lowest BCUT2D eigenvalue weighted by Gasteiger charge is -2.11. The van der Waals surface area contributed by atoms with Crippen molar-refractivity contribution in [3.8, 4) is 11.5 Å². The first-order valence-electron chi connectivity index (χ1n) is 11.7. The highest BCUT2D eigenvalue weighted by atomic mass is 16.5. The molecule has 1 aliphatic rings. The Morgan fingerprint density at radius 3 is 2.06 bits per heavy atom. The number of hydrogen-bond acceptors (Lipinski definition) is 3. The van der Waals surface area contributed by atoms with Gasteiger partial charge in [-0.3, -0.25) is 0 Å². The lowest BCUT2D eigenvalue weighted by Crippen LogP contribution is -2.04. The Labute approximate surface area is 199 Å². The molecule has 1 unspecified atom stereocenters. The molecule has 4 heteroatoms. The Hall–Kier alpha value is -4.18. The Bertz CT molecular complexity index is 1410. The molecule has 0 fully saturated rings. The van der Waals surface area contributed by atoms with Crippen LogP contribution < -0.4 is 14.8 Å². The lowest BCUT2D eigenvalue weighted by atomic mass is 10.0. The summed E-state index contributed by atoms with van der Waals surface area (Å²) in [6.45, 7) is 1.13. The van der Waals surface area contributed by atoms with Gasteiger partial charge in [0.05, 0.1) is 6.04 Å². The second kappa shape index (κ2) is 8.99. The topological polar surface area (TPSA) is 46.3 Å². The minimum atomic E-state index is 0.206. The minimum Gasteiger partial charge on any atom is -0.489 e. The van der Waals surface area contributed by atoms with Crippen LogP contribution in [0.4, 0.5) is 5.69 Å². The zero-order valence-corrected chi connectivity index (χ0v) is 18.8. The van der Waals surface area contributed by atoms with Crippen LogP contribution in [0.15, 0.2) is 103 Å². The average Bonchev–Trinajstić information content (AvgIpc) is 3.50. The molecule has 0 saturated carbocycles. The summed E-state index contributed by atoms with van der Waals surface area (Å²) in [7, 11) is 0. The monoisotopic (exact) mass is 446 g/mol. The van der Waals surface area contributed by atoms with Gasteiger partial charge in [-0.05, 0) is 59.5 Å². The van der Waals surface area contributed by atoms with Crippen molar-refractivity contribution >= 4 is 16.6 Å². The molecule has 168 valence electrons. The summed E-state index contributed by atoms with van der Waals surface area (Å²) in [6.07, 6.45) is 3.03. The molecule has 6 rings (SSSR count). The molecule has 0 radical (unpaired) electrons. The Balaban J connectivity index is 1.17. The number of fused-ring (bicyclic) bond motifs is 2. The summed E-state index contributed by atoms with van der Waals surface area (Å²) in [4.78, 5) is 3.42. The van der Waals surface area contributed by atoms with Gasteiger partial charge in [0.15, 0.2) is 0 Å². The second-order valence-electron chi connectivity index (χ2n) is 8.72. The van der Waals surface area contributed by atoms with E-state index in [-0.39, 0.29) is 6.04 Å². The molecular weight excluding hydrogens is 420 g/mol. The number of aromatic nitrogens is 1. The largest absolute Gasteiger partial charge is 0.489 e. The van der Waals surface area contributed by atoms with Crippen molar-refractivity contribution in [2.24, 2.45) is 0 Å². The third-order valence-electron chi connectivity index (χ3n) is 6.39. The summed E-state index contributed by atoms with van der Waals surface area (Å²) in [6, 6.07) is 33.3. The fraction of sp³-hybridized carbons (Fsp3) is 0.133. The number of H-pyrrole nitrogens is 1. The number of aromatic amines is 1. The van der Waals surface area contributed by atoms with Crippen LogP contribution >= 0.6 is 0 Å². The van der Waals surface area contributed by atoms with Crippen molar-refractivity contribution in [2.75, 3.05) is 5.32 Å². The first-order chi connectivity index (χ1) is 16.8. The Morgan fingerprint density at radius 2 is 1.35 bits per heavy atom. The molecule has 34 heavy (non-hydrogen) atoms. The smallest absolute Gasteiger partial charge is 0.120 e. The highest BCUT2D eigenvalue weighted by Crippen LogP contribution is 2.39. The van der Waals surface area contributed by atoms with E-state index < -0.39 is 0 Å². The minimum absolute atomic E-state index is 0.206. The molecule has 4 aromatic carbocycles. The summed E-state index contributed by atoms with van der Waals surface area (Å²) in [5.41, 5.74) is 7.15. The van der Waals surface area contributed by atoms with Gasteiger partial charge in [0.1, 0.15) is 24.7 Å². The van der Waals surface area contributed by atoms with Gasteiger partial charge in [-0.15, -0.1) is 0 Å². The number of rotatable bonds is 7. The van der Waals surface area contributed by atoms with E-state index in [4.69, 9.17) is 9.47 Å². The van der Waals surface area contributed by atoms with Crippen molar-refractivity contribution in [1.82, 2.24) is 4.98 Å². The van der Waals surface area contributed by atoms with E-state index in [1.807, 2.05) is 48.5 Å². The van der Waals surface area contributed by atoms with E-state index in [2.05, 4.69) is 65.0 Å². The number of anilines is 1. The van der Waals surface area contributed by atoms with Crippen molar-refractivity contribution in [3.63, 3.8) is 0 Å². The summed E-state index contributed by atoms with van der Waals surface area (Å²) < 4.78 is 12.1. The highest BCUT2D eigenvalue weighted by molar-refractivity contribution is 5.86. The standard InChI is InChI=1S/C30H26N2O2/c1-3-7-21(8-4-1)19-33-24-11-13-28-23(15-24)16-30(32-28)27-18-31-29-14-12-25(17-26(27)29)34-20-22-9-5-2-6-10-22/h1-15,17-18,30-32H,16,19-20H2. The van der Waals surface area contributed by atoms with Crippen LogP contribution in [0.1, 0.15) is 28.3 Å². The van der Waals surface area contributed by atoms with Gasteiger partial charge in [0.2, 0.25) is 0 Å². The predicted molar refractivity (Wildman–Crippen MR) is 136 cm³/mol. The van der Waals surface area contributed by atoms with Crippen LogP contribution in [-0.2, 0) is 19.6 Å². The SMILES string of the molecule is c1ccc(COc2ccc3c(c2)CC(c2c[nH]c4ccc(OCc5ccccc5)cc24)N3)cc1. The maximum absolute atomic E-state index is 6.08. The maximum atomic E-state index is 6.08. The van der Waals surface area contributed by atoms with Gasteiger partial charge >= 0.3 is 0 Å². The molecule has 0 saturated heterocycles. The molecule has 1 atom stereocenters. The average molecular weight is 447 g/mol. The third-order valence-corrected chi connectivity index (χ3v) is 6.39. The zero-order valence-electron chi connectivity index (χ0n) is 18.8. The van der Waals surface area contributed by atoms with E-state index in [1.54, 1.807) is 0 Å². The zero-order chi connectivity index (χ0) is 22.7. The van der Waals surface area contributed by atoms with E-state index in [0.717, 1.165) is 29.0 Å². The van der Waals surface area contributed by atoms with Gasteiger partial charge < -0.3 is 19.8 Å². The molecule has 2 heterocycles. The Kier molecular flexibility index (Phi) is 5.40.